The van der Waals surface area contributed by atoms with Gasteiger partial charge in [0.25, 0.3) is 0 Å². The van der Waals surface area contributed by atoms with E-state index in [9.17, 15) is 8.42 Å². The second kappa shape index (κ2) is 4.27. The standard InChI is InChI=1S/C11H21NO3S/c1-9-7-10(3-5-15-9)12-11(2)4-6-16(13,14)8-11/h9-10,12H,3-8H2,1-2H3. The fraction of sp³-hybridized carbons (Fsp3) is 1.00. The number of sulfone groups is 1. The first-order valence-electron chi connectivity index (χ1n) is 5.98. The highest BCUT2D eigenvalue weighted by molar-refractivity contribution is 7.91. The van der Waals surface area contributed by atoms with Gasteiger partial charge in [-0.15, -0.1) is 0 Å². The van der Waals surface area contributed by atoms with Crippen LogP contribution in [0.5, 0.6) is 0 Å². The fourth-order valence-electron chi connectivity index (χ4n) is 2.75. The highest BCUT2D eigenvalue weighted by Gasteiger charge is 2.39. The van der Waals surface area contributed by atoms with Gasteiger partial charge in [-0.2, -0.15) is 0 Å². The van der Waals surface area contributed by atoms with Crippen LogP contribution >= 0.6 is 0 Å². The Hall–Kier alpha value is -0.130. The molecular weight excluding hydrogens is 226 g/mol. The Kier molecular flexibility index (Phi) is 3.29. The SMILES string of the molecule is CC1CC(NC2(C)CCS(=O)(=O)C2)CCO1. The fourth-order valence-corrected chi connectivity index (χ4v) is 4.85. The molecular formula is C11H21NO3S. The topological polar surface area (TPSA) is 55.4 Å². The first-order valence-corrected chi connectivity index (χ1v) is 7.80. The van der Waals surface area contributed by atoms with E-state index in [0.29, 0.717) is 11.8 Å². The van der Waals surface area contributed by atoms with E-state index in [0.717, 1.165) is 25.9 Å². The molecule has 2 aliphatic rings. The number of ether oxygens (including phenoxy) is 1. The third kappa shape index (κ3) is 2.96. The van der Waals surface area contributed by atoms with E-state index in [2.05, 4.69) is 12.2 Å². The molecule has 0 bridgehead atoms. The normalized spacial score (nSPS) is 43.4. The van der Waals surface area contributed by atoms with Crippen LogP contribution in [0.1, 0.15) is 33.1 Å². The molecule has 0 amide bonds. The van der Waals surface area contributed by atoms with Crippen molar-refractivity contribution in [2.45, 2.75) is 50.8 Å². The van der Waals surface area contributed by atoms with Gasteiger partial charge in [-0.05, 0) is 33.1 Å². The van der Waals surface area contributed by atoms with Gasteiger partial charge in [-0.1, -0.05) is 0 Å². The largest absolute Gasteiger partial charge is 0.378 e. The summed E-state index contributed by atoms with van der Waals surface area (Å²) in [4.78, 5) is 0. The average Bonchev–Trinajstić information content (AvgIpc) is 2.40. The van der Waals surface area contributed by atoms with Crippen LogP contribution in [0.25, 0.3) is 0 Å². The summed E-state index contributed by atoms with van der Waals surface area (Å²) in [5.41, 5.74) is -0.222. The minimum Gasteiger partial charge on any atom is -0.378 e. The van der Waals surface area contributed by atoms with Crippen LogP contribution in [-0.4, -0.2) is 44.2 Å². The lowest BCUT2D eigenvalue weighted by Gasteiger charge is -2.35. The third-order valence-corrected chi connectivity index (χ3v) is 5.44. The average molecular weight is 247 g/mol. The minimum atomic E-state index is -2.81. The third-order valence-electron chi connectivity index (χ3n) is 3.54. The van der Waals surface area contributed by atoms with Gasteiger partial charge < -0.3 is 10.1 Å². The zero-order valence-electron chi connectivity index (χ0n) is 10.0. The smallest absolute Gasteiger partial charge is 0.152 e. The predicted molar refractivity (Wildman–Crippen MR) is 63.2 cm³/mol. The van der Waals surface area contributed by atoms with E-state index < -0.39 is 9.84 Å². The van der Waals surface area contributed by atoms with Gasteiger partial charge in [0.1, 0.15) is 0 Å². The summed E-state index contributed by atoms with van der Waals surface area (Å²) in [6.07, 6.45) is 2.99. The van der Waals surface area contributed by atoms with Crippen molar-refractivity contribution in [1.29, 1.82) is 0 Å². The lowest BCUT2D eigenvalue weighted by Crippen LogP contribution is -2.51. The summed E-state index contributed by atoms with van der Waals surface area (Å²) < 4.78 is 28.5. The summed E-state index contributed by atoms with van der Waals surface area (Å²) in [6, 6.07) is 0.405. The molecule has 4 nitrogen and oxygen atoms in total. The van der Waals surface area contributed by atoms with Gasteiger partial charge >= 0.3 is 0 Å². The van der Waals surface area contributed by atoms with Crippen molar-refractivity contribution in [3.8, 4) is 0 Å². The van der Waals surface area contributed by atoms with Crippen molar-refractivity contribution >= 4 is 9.84 Å². The molecule has 0 spiro atoms. The number of hydrogen-bond acceptors (Lipinski definition) is 4. The Labute approximate surface area is 97.7 Å². The molecule has 16 heavy (non-hydrogen) atoms. The van der Waals surface area contributed by atoms with Crippen LogP contribution in [0.15, 0.2) is 0 Å². The van der Waals surface area contributed by atoms with E-state index in [1.807, 2.05) is 6.92 Å². The summed E-state index contributed by atoms with van der Waals surface area (Å²) in [5.74, 6) is 0.612. The van der Waals surface area contributed by atoms with Crippen molar-refractivity contribution in [1.82, 2.24) is 5.32 Å². The summed E-state index contributed by atoms with van der Waals surface area (Å²) in [7, 11) is -2.81. The molecule has 0 aromatic carbocycles. The maximum atomic E-state index is 11.5. The Bertz CT molecular complexity index is 354. The van der Waals surface area contributed by atoms with E-state index in [1.54, 1.807) is 0 Å². The first-order chi connectivity index (χ1) is 7.39. The van der Waals surface area contributed by atoms with E-state index in [1.165, 1.54) is 0 Å². The lowest BCUT2D eigenvalue weighted by atomic mass is 9.96. The molecule has 2 heterocycles. The molecule has 3 unspecified atom stereocenters. The molecule has 0 saturated carbocycles. The van der Waals surface area contributed by atoms with Crippen molar-refractivity contribution in [3.63, 3.8) is 0 Å². The van der Waals surface area contributed by atoms with Crippen LogP contribution in [0.3, 0.4) is 0 Å². The predicted octanol–water partition coefficient (Wildman–Crippen LogP) is 0.721. The first kappa shape index (κ1) is 12.3. The van der Waals surface area contributed by atoms with Crippen LogP contribution in [0.4, 0.5) is 0 Å². The van der Waals surface area contributed by atoms with E-state index in [4.69, 9.17) is 4.74 Å². The molecule has 2 saturated heterocycles. The molecule has 2 rings (SSSR count). The van der Waals surface area contributed by atoms with Crippen LogP contribution in [-0.2, 0) is 14.6 Å². The Morgan fingerprint density at radius 1 is 1.44 bits per heavy atom. The van der Waals surface area contributed by atoms with Gasteiger partial charge in [-0.3, -0.25) is 0 Å². The number of rotatable bonds is 2. The second-order valence-electron chi connectivity index (χ2n) is 5.45. The molecule has 3 atom stereocenters. The monoisotopic (exact) mass is 247 g/mol. The molecule has 0 radical (unpaired) electrons. The molecule has 94 valence electrons. The van der Waals surface area contributed by atoms with Gasteiger partial charge in [0.2, 0.25) is 0 Å². The van der Waals surface area contributed by atoms with Crippen molar-refractivity contribution in [3.05, 3.63) is 0 Å². The van der Waals surface area contributed by atoms with Crippen molar-refractivity contribution in [2.75, 3.05) is 18.1 Å². The highest BCUT2D eigenvalue weighted by Crippen LogP contribution is 2.25. The zero-order chi connectivity index (χ0) is 11.8. The van der Waals surface area contributed by atoms with E-state index in [-0.39, 0.29) is 17.4 Å². The molecule has 0 aromatic rings. The minimum absolute atomic E-state index is 0.222. The number of nitrogens with one attached hydrogen (secondary N) is 1. The molecule has 5 heteroatoms. The maximum absolute atomic E-state index is 11.5. The molecule has 2 fully saturated rings. The van der Waals surface area contributed by atoms with Crippen molar-refractivity contribution < 1.29 is 13.2 Å². The molecule has 0 aliphatic carbocycles. The van der Waals surface area contributed by atoms with Crippen LogP contribution in [0.2, 0.25) is 0 Å². The summed E-state index contributed by atoms with van der Waals surface area (Å²) in [6.45, 7) is 4.88. The Morgan fingerprint density at radius 2 is 2.19 bits per heavy atom. The maximum Gasteiger partial charge on any atom is 0.152 e. The van der Waals surface area contributed by atoms with Crippen molar-refractivity contribution in [2.24, 2.45) is 0 Å². The lowest BCUT2D eigenvalue weighted by molar-refractivity contribution is 0.00859. The van der Waals surface area contributed by atoms with Gasteiger partial charge in [0.05, 0.1) is 17.6 Å². The van der Waals surface area contributed by atoms with Gasteiger partial charge in [-0.25, -0.2) is 8.42 Å². The Morgan fingerprint density at radius 3 is 2.75 bits per heavy atom. The van der Waals surface area contributed by atoms with Crippen LogP contribution < -0.4 is 5.32 Å². The quantitative estimate of drug-likeness (QED) is 0.781. The highest BCUT2D eigenvalue weighted by atomic mass is 32.2. The number of hydrogen-bond donors (Lipinski definition) is 1. The van der Waals surface area contributed by atoms with E-state index >= 15 is 0 Å². The molecule has 0 aromatic heterocycles. The zero-order valence-corrected chi connectivity index (χ0v) is 10.8. The van der Waals surface area contributed by atoms with Crippen LogP contribution in [0, 0.1) is 0 Å². The summed E-state index contributed by atoms with van der Waals surface area (Å²) >= 11 is 0. The second-order valence-corrected chi connectivity index (χ2v) is 7.63. The summed E-state index contributed by atoms with van der Waals surface area (Å²) in [5, 5.41) is 3.52. The molecule has 1 N–H and O–H groups in total. The Balaban J connectivity index is 1.94. The van der Waals surface area contributed by atoms with Gasteiger partial charge in [0, 0.05) is 18.2 Å². The van der Waals surface area contributed by atoms with Gasteiger partial charge in [0.15, 0.2) is 9.84 Å². The molecule has 2 aliphatic heterocycles.